The van der Waals surface area contributed by atoms with Crippen molar-refractivity contribution in [2.45, 2.75) is 11.4 Å². The molecule has 5 aromatic rings. The Morgan fingerprint density at radius 3 is 2.44 bits per heavy atom. The largest absolute Gasteiger partial charge is 0.497 e. The third-order valence-electron chi connectivity index (χ3n) is 6.06. The van der Waals surface area contributed by atoms with Crippen molar-refractivity contribution in [3.63, 3.8) is 0 Å². The van der Waals surface area contributed by atoms with Crippen molar-refractivity contribution in [3.8, 4) is 17.2 Å². The van der Waals surface area contributed by atoms with Gasteiger partial charge >= 0.3 is 0 Å². The molecular weight excluding hydrogens is 593 g/mol. The first-order valence-corrected chi connectivity index (χ1v) is 13.7. The molecule has 200 valence electrons. The van der Waals surface area contributed by atoms with Gasteiger partial charge in [0.05, 0.1) is 32.0 Å². The number of benzene rings is 3. The summed E-state index contributed by atoms with van der Waals surface area (Å²) in [4.78, 5) is 12.3. The number of anilines is 1. The van der Waals surface area contributed by atoms with Gasteiger partial charge < -0.3 is 14.0 Å². The van der Waals surface area contributed by atoms with Gasteiger partial charge in [0.25, 0.3) is 15.6 Å². The molecule has 0 spiro atoms. The summed E-state index contributed by atoms with van der Waals surface area (Å²) in [6, 6.07) is 18.1. The fourth-order valence-electron chi connectivity index (χ4n) is 4.16. The summed E-state index contributed by atoms with van der Waals surface area (Å²) in [6.45, 7) is -0.147. The van der Waals surface area contributed by atoms with Gasteiger partial charge in [-0.2, -0.15) is 0 Å². The first-order valence-electron chi connectivity index (χ1n) is 11.5. The summed E-state index contributed by atoms with van der Waals surface area (Å²) in [6.07, 6.45) is 1.23. The Morgan fingerprint density at radius 1 is 1.00 bits per heavy atom. The van der Waals surface area contributed by atoms with Gasteiger partial charge in [-0.25, -0.2) is 17.1 Å². The van der Waals surface area contributed by atoms with Crippen LogP contribution in [0.4, 0.5) is 10.2 Å². The smallest absolute Gasteiger partial charge is 0.268 e. The van der Waals surface area contributed by atoms with Crippen LogP contribution < -0.4 is 19.3 Å². The van der Waals surface area contributed by atoms with Crippen molar-refractivity contribution >= 4 is 42.7 Å². The predicted octanol–water partition coefficient (Wildman–Crippen LogP) is 5.29. The van der Waals surface area contributed by atoms with Crippen molar-refractivity contribution in [1.82, 2.24) is 9.72 Å². The lowest BCUT2D eigenvalue weighted by Crippen LogP contribution is -2.31. The van der Waals surface area contributed by atoms with Crippen LogP contribution in [-0.4, -0.2) is 32.4 Å². The highest BCUT2D eigenvalue weighted by molar-refractivity contribution is 9.10. The predicted molar refractivity (Wildman–Crippen MR) is 147 cm³/mol. The molecule has 0 fully saturated rings. The average molecular weight is 614 g/mol. The van der Waals surface area contributed by atoms with E-state index in [0.717, 1.165) is 14.8 Å². The third kappa shape index (κ3) is 5.00. The van der Waals surface area contributed by atoms with Crippen LogP contribution in [0.3, 0.4) is 0 Å². The standard InChI is InChI=1S/C27H21BrFN3O6S/c1-36-20-7-3-17(4-8-20)16-31(26-11-12-38-30-26)39(34,35)25-13-18-5-10-27(33)32(23(18)15-21(25)29)22-9-6-19(28)14-24(22)37-2/h3-15H,16H2,1-2H3. The quantitative estimate of drug-likeness (QED) is 0.234. The lowest BCUT2D eigenvalue weighted by atomic mass is 10.2. The summed E-state index contributed by atoms with van der Waals surface area (Å²) < 4.78 is 61.9. The highest BCUT2D eigenvalue weighted by Gasteiger charge is 2.31. The van der Waals surface area contributed by atoms with Crippen molar-refractivity contribution in [2.24, 2.45) is 0 Å². The Kier molecular flexibility index (Phi) is 7.15. The van der Waals surface area contributed by atoms with Crippen LogP contribution in [0.25, 0.3) is 16.6 Å². The van der Waals surface area contributed by atoms with Crippen LogP contribution in [0.15, 0.2) is 97.7 Å². The topological polar surface area (TPSA) is 104 Å². The van der Waals surface area contributed by atoms with Crippen molar-refractivity contribution in [3.05, 3.63) is 105 Å². The summed E-state index contributed by atoms with van der Waals surface area (Å²) in [7, 11) is -1.50. The molecule has 0 radical (unpaired) electrons. The van der Waals surface area contributed by atoms with Crippen molar-refractivity contribution in [1.29, 1.82) is 0 Å². The second kappa shape index (κ2) is 10.5. The molecule has 0 bridgehead atoms. The Labute approximate surface area is 231 Å². The van der Waals surface area contributed by atoms with E-state index < -0.39 is 26.3 Å². The van der Waals surface area contributed by atoms with Crippen molar-refractivity contribution in [2.75, 3.05) is 18.5 Å². The maximum Gasteiger partial charge on any atom is 0.268 e. The lowest BCUT2D eigenvalue weighted by molar-refractivity contribution is 0.412. The van der Waals surface area contributed by atoms with E-state index in [1.807, 2.05) is 0 Å². The first-order chi connectivity index (χ1) is 18.7. The number of hydrogen-bond acceptors (Lipinski definition) is 7. The summed E-state index contributed by atoms with van der Waals surface area (Å²) >= 11 is 3.36. The van der Waals surface area contributed by atoms with Crippen LogP contribution in [0.5, 0.6) is 11.5 Å². The van der Waals surface area contributed by atoms with E-state index in [-0.39, 0.29) is 17.9 Å². The molecule has 3 aromatic carbocycles. The van der Waals surface area contributed by atoms with Crippen LogP contribution in [0.2, 0.25) is 0 Å². The minimum absolute atomic E-state index is 0.0186. The zero-order valence-corrected chi connectivity index (χ0v) is 23.1. The average Bonchev–Trinajstić information content (AvgIpc) is 3.46. The monoisotopic (exact) mass is 613 g/mol. The fraction of sp³-hybridized carbons (Fsp3) is 0.111. The van der Waals surface area contributed by atoms with Crippen molar-refractivity contribution < 1.29 is 26.8 Å². The molecule has 2 heterocycles. The van der Waals surface area contributed by atoms with Gasteiger partial charge in [0.15, 0.2) is 5.82 Å². The lowest BCUT2D eigenvalue weighted by Gasteiger charge is -2.23. The first kappa shape index (κ1) is 26.4. The van der Waals surface area contributed by atoms with Gasteiger partial charge in [-0.1, -0.05) is 33.2 Å². The molecule has 12 heteroatoms. The molecular formula is C27H21BrFN3O6S. The molecule has 0 amide bonds. The van der Waals surface area contributed by atoms with Gasteiger partial charge in [-0.05, 0) is 48.0 Å². The van der Waals surface area contributed by atoms with Gasteiger partial charge in [0, 0.05) is 28.1 Å². The van der Waals surface area contributed by atoms with Gasteiger partial charge in [-0.3, -0.25) is 9.36 Å². The summed E-state index contributed by atoms with van der Waals surface area (Å²) in [5, 5.41) is 4.11. The van der Waals surface area contributed by atoms with Gasteiger partial charge in [0.2, 0.25) is 0 Å². The Hall–Kier alpha value is -4.16. The molecule has 0 saturated carbocycles. The van der Waals surface area contributed by atoms with Crippen LogP contribution >= 0.6 is 15.9 Å². The molecule has 5 rings (SSSR count). The molecule has 0 saturated heterocycles. The van der Waals surface area contributed by atoms with Crippen LogP contribution in [-0.2, 0) is 16.6 Å². The van der Waals surface area contributed by atoms with Crippen LogP contribution in [0.1, 0.15) is 5.56 Å². The number of sulfonamides is 1. The number of nitrogens with zero attached hydrogens (tertiary/aromatic N) is 3. The minimum atomic E-state index is -4.48. The third-order valence-corrected chi connectivity index (χ3v) is 8.32. The van der Waals surface area contributed by atoms with E-state index >= 15 is 4.39 Å². The van der Waals surface area contributed by atoms with E-state index in [2.05, 4.69) is 21.1 Å². The molecule has 39 heavy (non-hydrogen) atoms. The highest BCUT2D eigenvalue weighted by atomic mass is 79.9. The van der Waals surface area contributed by atoms with E-state index in [1.165, 1.54) is 49.3 Å². The van der Waals surface area contributed by atoms with Crippen LogP contribution in [0, 0.1) is 5.82 Å². The number of rotatable bonds is 8. The normalized spacial score (nSPS) is 11.5. The molecule has 0 aliphatic rings. The molecule has 9 nitrogen and oxygen atoms in total. The maximum absolute atomic E-state index is 15.7. The Bertz CT molecular complexity index is 1820. The van der Waals surface area contributed by atoms with E-state index in [4.69, 9.17) is 14.0 Å². The zero-order chi connectivity index (χ0) is 27.7. The number of halogens is 2. The molecule has 0 aliphatic heterocycles. The molecule has 0 atom stereocenters. The van der Waals surface area contributed by atoms with Gasteiger partial charge in [-0.15, -0.1) is 0 Å². The second-order valence-corrected chi connectivity index (χ2v) is 11.1. The molecule has 0 N–H and O–H groups in total. The summed E-state index contributed by atoms with van der Waals surface area (Å²) in [5.41, 5.74) is 0.708. The molecule has 2 aromatic heterocycles. The minimum Gasteiger partial charge on any atom is -0.497 e. The zero-order valence-electron chi connectivity index (χ0n) is 20.7. The van der Waals surface area contributed by atoms with E-state index in [0.29, 0.717) is 28.1 Å². The number of fused-ring (bicyclic) bond motifs is 1. The number of ether oxygens (including phenoxy) is 2. The molecule has 0 unspecified atom stereocenters. The van der Waals surface area contributed by atoms with Gasteiger partial charge in [0.1, 0.15) is 28.5 Å². The SMILES string of the molecule is COc1ccc(CN(c2ccon2)S(=O)(=O)c2cc3ccc(=O)n(-c4ccc(Br)cc4OC)c3cc2F)cc1. The second-order valence-electron chi connectivity index (χ2n) is 8.38. The summed E-state index contributed by atoms with van der Waals surface area (Å²) in [5.74, 6) is -0.0903. The Balaban J connectivity index is 1.65. The Morgan fingerprint density at radius 2 is 1.77 bits per heavy atom. The molecule has 0 aliphatic carbocycles. The maximum atomic E-state index is 15.7. The number of pyridine rings is 1. The number of methoxy groups -OCH3 is 2. The van der Waals surface area contributed by atoms with E-state index in [1.54, 1.807) is 42.5 Å². The number of hydrogen-bond donors (Lipinski definition) is 0. The van der Waals surface area contributed by atoms with E-state index in [9.17, 15) is 13.2 Å². The fourth-order valence-corrected chi connectivity index (χ4v) is 5.98. The number of aromatic nitrogens is 2. The highest BCUT2D eigenvalue weighted by Crippen LogP contribution is 2.32.